The number of amides is 1. The van der Waals surface area contributed by atoms with E-state index in [1.54, 1.807) is 0 Å². The second-order valence-corrected chi connectivity index (χ2v) is 5.91. The molecule has 2 aromatic rings. The summed E-state index contributed by atoms with van der Waals surface area (Å²) in [4.78, 5) is 12.0. The molecule has 3 heteroatoms. The Morgan fingerprint density at radius 2 is 1.80 bits per heavy atom. The smallest absolute Gasteiger partial charge is 0.224 e. The first-order chi connectivity index (χ1) is 9.54. The number of hydrogen-bond donors (Lipinski definition) is 1. The third kappa shape index (κ3) is 4.20. The monoisotopic (exact) mass is 331 g/mol. The molecule has 0 heterocycles. The van der Waals surface area contributed by atoms with Crippen LogP contribution in [0.25, 0.3) is 0 Å². The van der Waals surface area contributed by atoms with Gasteiger partial charge in [0.2, 0.25) is 5.91 Å². The summed E-state index contributed by atoms with van der Waals surface area (Å²) in [5.41, 5.74) is 4.37. The van der Waals surface area contributed by atoms with E-state index in [9.17, 15) is 4.79 Å². The number of nitrogens with one attached hydrogen (secondary N) is 1. The van der Waals surface area contributed by atoms with Gasteiger partial charge in [0.1, 0.15) is 0 Å². The van der Waals surface area contributed by atoms with Gasteiger partial charge in [-0.1, -0.05) is 51.8 Å². The van der Waals surface area contributed by atoms with Gasteiger partial charge in [-0.3, -0.25) is 4.79 Å². The molecule has 0 fully saturated rings. The lowest BCUT2D eigenvalue weighted by Gasteiger charge is -2.09. The van der Waals surface area contributed by atoms with Crippen molar-refractivity contribution in [3.63, 3.8) is 0 Å². The van der Waals surface area contributed by atoms with Gasteiger partial charge in [-0.05, 0) is 43.5 Å². The van der Waals surface area contributed by atoms with Crippen LogP contribution in [0, 0.1) is 13.8 Å². The highest BCUT2D eigenvalue weighted by molar-refractivity contribution is 9.10. The summed E-state index contributed by atoms with van der Waals surface area (Å²) < 4.78 is 0.969. The summed E-state index contributed by atoms with van der Waals surface area (Å²) in [5.74, 6) is 0.0479. The molecule has 0 aliphatic heterocycles. The maximum absolute atomic E-state index is 12.0. The molecule has 20 heavy (non-hydrogen) atoms. The van der Waals surface area contributed by atoms with Gasteiger partial charge in [0.15, 0.2) is 0 Å². The molecule has 0 bridgehead atoms. The van der Waals surface area contributed by atoms with Crippen molar-refractivity contribution in [2.75, 3.05) is 5.32 Å². The van der Waals surface area contributed by atoms with Crippen molar-refractivity contribution >= 4 is 27.5 Å². The number of halogens is 1. The standard InChI is InChI=1S/C17H18BrNO/c1-12-3-6-14(7-4-12)8-10-17(20)19-16-11-15(18)9-5-13(16)2/h3-7,9,11H,8,10H2,1-2H3,(H,19,20). The summed E-state index contributed by atoms with van der Waals surface area (Å²) in [6, 6.07) is 14.2. The van der Waals surface area contributed by atoms with E-state index in [2.05, 4.69) is 52.4 Å². The van der Waals surface area contributed by atoms with Crippen molar-refractivity contribution in [2.24, 2.45) is 0 Å². The molecule has 0 atom stereocenters. The van der Waals surface area contributed by atoms with Crippen LogP contribution in [0.15, 0.2) is 46.9 Å². The van der Waals surface area contributed by atoms with Crippen molar-refractivity contribution in [1.82, 2.24) is 0 Å². The van der Waals surface area contributed by atoms with Crippen LogP contribution < -0.4 is 5.32 Å². The quantitative estimate of drug-likeness (QED) is 0.868. The number of hydrogen-bond acceptors (Lipinski definition) is 1. The van der Waals surface area contributed by atoms with Gasteiger partial charge in [0.25, 0.3) is 0 Å². The van der Waals surface area contributed by atoms with Crippen molar-refractivity contribution in [3.8, 4) is 0 Å². The van der Waals surface area contributed by atoms with Crippen LogP contribution in [0.5, 0.6) is 0 Å². The van der Waals surface area contributed by atoms with E-state index in [1.165, 1.54) is 11.1 Å². The molecule has 104 valence electrons. The minimum absolute atomic E-state index is 0.0479. The second kappa shape index (κ2) is 6.71. The van der Waals surface area contributed by atoms with Crippen molar-refractivity contribution in [2.45, 2.75) is 26.7 Å². The van der Waals surface area contributed by atoms with E-state index in [-0.39, 0.29) is 5.91 Å². The molecule has 0 aromatic heterocycles. The van der Waals surface area contributed by atoms with Crippen molar-refractivity contribution in [1.29, 1.82) is 0 Å². The lowest BCUT2D eigenvalue weighted by Crippen LogP contribution is -2.13. The molecule has 0 saturated heterocycles. The Labute approximate surface area is 128 Å². The fraction of sp³-hybridized carbons (Fsp3) is 0.235. The van der Waals surface area contributed by atoms with E-state index in [1.807, 2.05) is 25.1 Å². The number of aryl methyl sites for hydroxylation is 3. The first kappa shape index (κ1) is 14.8. The van der Waals surface area contributed by atoms with Crippen LogP contribution in [-0.4, -0.2) is 5.91 Å². The molecular weight excluding hydrogens is 314 g/mol. The third-order valence-electron chi connectivity index (χ3n) is 3.24. The number of carbonyl (C=O) groups is 1. The normalized spacial score (nSPS) is 10.3. The maximum atomic E-state index is 12.0. The second-order valence-electron chi connectivity index (χ2n) is 4.99. The maximum Gasteiger partial charge on any atom is 0.224 e. The largest absolute Gasteiger partial charge is 0.326 e. The molecule has 2 nitrogen and oxygen atoms in total. The van der Waals surface area contributed by atoms with E-state index in [0.717, 1.165) is 22.1 Å². The first-order valence-corrected chi connectivity index (χ1v) is 7.45. The Hall–Kier alpha value is -1.61. The SMILES string of the molecule is Cc1ccc(CCC(=O)Nc2cc(Br)ccc2C)cc1. The van der Waals surface area contributed by atoms with Crippen LogP contribution in [0.2, 0.25) is 0 Å². The molecule has 0 aliphatic rings. The number of carbonyl (C=O) groups excluding carboxylic acids is 1. The predicted octanol–water partition coefficient (Wildman–Crippen LogP) is 4.64. The number of rotatable bonds is 4. The van der Waals surface area contributed by atoms with Crippen molar-refractivity contribution < 1.29 is 4.79 Å². The molecule has 0 aliphatic carbocycles. The third-order valence-corrected chi connectivity index (χ3v) is 3.73. The summed E-state index contributed by atoms with van der Waals surface area (Å²) in [5, 5.41) is 2.96. The van der Waals surface area contributed by atoms with E-state index in [4.69, 9.17) is 0 Å². The average Bonchev–Trinajstić information content (AvgIpc) is 2.42. The number of anilines is 1. The molecule has 0 spiro atoms. The van der Waals surface area contributed by atoms with Gasteiger partial charge in [-0.2, -0.15) is 0 Å². The minimum atomic E-state index is 0.0479. The molecule has 2 aromatic carbocycles. The highest BCUT2D eigenvalue weighted by Gasteiger charge is 2.06. The summed E-state index contributed by atoms with van der Waals surface area (Å²) in [6.45, 7) is 4.05. The molecule has 2 rings (SSSR count). The van der Waals surface area contributed by atoms with Gasteiger partial charge in [-0.25, -0.2) is 0 Å². The molecule has 1 amide bonds. The zero-order valence-electron chi connectivity index (χ0n) is 11.7. The Balaban J connectivity index is 1.92. The minimum Gasteiger partial charge on any atom is -0.326 e. The molecule has 1 N–H and O–H groups in total. The van der Waals surface area contributed by atoms with Gasteiger partial charge >= 0.3 is 0 Å². The number of benzene rings is 2. The average molecular weight is 332 g/mol. The Kier molecular flexibility index (Phi) is 4.96. The highest BCUT2D eigenvalue weighted by Crippen LogP contribution is 2.20. The van der Waals surface area contributed by atoms with Crippen LogP contribution in [0.4, 0.5) is 5.69 Å². The lowest BCUT2D eigenvalue weighted by molar-refractivity contribution is -0.116. The van der Waals surface area contributed by atoms with Crippen molar-refractivity contribution in [3.05, 3.63) is 63.6 Å². The fourth-order valence-electron chi connectivity index (χ4n) is 1.95. The van der Waals surface area contributed by atoms with Crippen LogP contribution in [-0.2, 0) is 11.2 Å². The van der Waals surface area contributed by atoms with Gasteiger partial charge < -0.3 is 5.32 Å². The van der Waals surface area contributed by atoms with E-state index in [0.29, 0.717) is 6.42 Å². The zero-order valence-corrected chi connectivity index (χ0v) is 13.3. The lowest BCUT2D eigenvalue weighted by atomic mass is 10.1. The fourth-order valence-corrected chi connectivity index (χ4v) is 2.32. The van der Waals surface area contributed by atoms with Crippen LogP contribution in [0.3, 0.4) is 0 Å². The Morgan fingerprint density at radius 3 is 2.50 bits per heavy atom. The van der Waals surface area contributed by atoms with E-state index < -0.39 is 0 Å². The Morgan fingerprint density at radius 1 is 1.10 bits per heavy atom. The molecular formula is C17H18BrNO. The molecule has 0 radical (unpaired) electrons. The molecule has 0 saturated carbocycles. The predicted molar refractivity (Wildman–Crippen MR) is 87.0 cm³/mol. The topological polar surface area (TPSA) is 29.1 Å². The first-order valence-electron chi connectivity index (χ1n) is 6.66. The van der Waals surface area contributed by atoms with E-state index >= 15 is 0 Å². The summed E-state index contributed by atoms with van der Waals surface area (Å²) in [6.07, 6.45) is 1.26. The van der Waals surface area contributed by atoms with Crippen LogP contribution >= 0.6 is 15.9 Å². The van der Waals surface area contributed by atoms with Crippen LogP contribution in [0.1, 0.15) is 23.1 Å². The summed E-state index contributed by atoms with van der Waals surface area (Å²) in [7, 11) is 0. The molecule has 0 unspecified atom stereocenters. The van der Waals surface area contributed by atoms with Gasteiger partial charge in [0, 0.05) is 16.6 Å². The van der Waals surface area contributed by atoms with Gasteiger partial charge in [0.05, 0.1) is 0 Å². The Bertz CT molecular complexity index is 605. The highest BCUT2D eigenvalue weighted by atomic mass is 79.9. The summed E-state index contributed by atoms with van der Waals surface area (Å²) >= 11 is 3.42. The van der Waals surface area contributed by atoms with Gasteiger partial charge in [-0.15, -0.1) is 0 Å². The zero-order chi connectivity index (χ0) is 14.5.